The standard InChI is InChI=1S/C17H25N3O/c1-7-8-13(19-17(2,3)4)12-9-10-14-15(11-12)21-16(18-14)20(5)6/h9-11H,7-8H2,1-6H3. The van der Waals surface area contributed by atoms with E-state index < -0.39 is 0 Å². The molecule has 4 nitrogen and oxygen atoms in total. The Morgan fingerprint density at radius 1 is 1.29 bits per heavy atom. The van der Waals surface area contributed by atoms with Crippen LogP contribution in [0.2, 0.25) is 0 Å². The molecule has 0 atom stereocenters. The van der Waals surface area contributed by atoms with Crippen LogP contribution in [0.1, 0.15) is 46.1 Å². The van der Waals surface area contributed by atoms with Crippen molar-refractivity contribution in [2.45, 2.75) is 46.1 Å². The molecule has 0 N–H and O–H groups in total. The lowest BCUT2D eigenvalue weighted by molar-refractivity contribution is 0.581. The second kappa shape index (κ2) is 5.88. The first-order valence-corrected chi connectivity index (χ1v) is 7.47. The summed E-state index contributed by atoms with van der Waals surface area (Å²) in [6.07, 6.45) is 2.05. The normalized spacial score (nSPS) is 13.0. The first-order chi connectivity index (χ1) is 9.80. The average Bonchev–Trinajstić information content (AvgIpc) is 2.79. The van der Waals surface area contributed by atoms with E-state index in [4.69, 9.17) is 9.41 Å². The SMILES string of the molecule is CCCC(=NC(C)(C)C)c1ccc2nc(N(C)C)oc2c1. The second-order valence-corrected chi connectivity index (χ2v) is 6.55. The maximum absolute atomic E-state index is 5.79. The zero-order valence-corrected chi connectivity index (χ0v) is 13.9. The van der Waals surface area contributed by atoms with Gasteiger partial charge in [-0.3, -0.25) is 4.99 Å². The zero-order valence-electron chi connectivity index (χ0n) is 13.9. The molecule has 2 aromatic rings. The van der Waals surface area contributed by atoms with Gasteiger partial charge in [-0.25, -0.2) is 0 Å². The molecule has 0 saturated carbocycles. The first kappa shape index (κ1) is 15.5. The largest absolute Gasteiger partial charge is 0.423 e. The maximum atomic E-state index is 5.79. The molecule has 0 aliphatic carbocycles. The molecule has 0 fully saturated rings. The van der Waals surface area contributed by atoms with Crippen LogP contribution >= 0.6 is 0 Å². The Morgan fingerprint density at radius 3 is 2.57 bits per heavy atom. The van der Waals surface area contributed by atoms with Gasteiger partial charge in [0.25, 0.3) is 6.01 Å². The number of oxazole rings is 1. The quantitative estimate of drug-likeness (QED) is 0.788. The van der Waals surface area contributed by atoms with Gasteiger partial charge >= 0.3 is 0 Å². The summed E-state index contributed by atoms with van der Waals surface area (Å²) in [5.74, 6) is 0. The van der Waals surface area contributed by atoms with Gasteiger partial charge in [0.1, 0.15) is 5.52 Å². The van der Waals surface area contributed by atoms with Crippen molar-refractivity contribution in [3.05, 3.63) is 23.8 Å². The summed E-state index contributed by atoms with van der Waals surface area (Å²) in [6.45, 7) is 8.55. The van der Waals surface area contributed by atoms with Crippen LogP contribution in [-0.2, 0) is 0 Å². The van der Waals surface area contributed by atoms with Crippen LogP contribution in [0.3, 0.4) is 0 Å². The summed E-state index contributed by atoms with van der Waals surface area (Å²) >= 11 is 0. The third-order valence-corrected chi connectivity index (χ3v) is 3.05. The highest BCUT2D eigenvalue weighted by atomic mass is 16.4. The van der Waals surface area contributed by atoms with Gasteiger partial charge < -0.3 is 9.32 Å². The summed E-state index contributed by atoms with van der Waals surface area (Å²) in [7, 11) is 3.85. The molecule has 0 aliphatic heterocycles. The van der Waals surface area contributed by atoms with Crippen molar-refractivity contribution in [3.8, 4) is 0 Å². The Morgan fingerprint density at radius 2 is 2.00 bits per heavy atom. The Hall–Kier alpha value is -1.84. The van der Waals surface area contributed by atoms with Gasteiger partial charge in [-0.05, 0) is 44.9 Å². The van der Waals surface area contributed by atoms with Crippen molar-refractivity contribution in [3.63, 3.8) is 0 Å². The highest BCUT2D eigenvalue weighted by Crippen LogP contribution is 2.23. The van der Waals surface area contributed by atoms with E-state index in [2.05, 4.69) is 44.8 Å². The molecule has 0 unspecified atom stereocenters. The van der Waals surface area contributed by atoms with Crippen LogP contribution in [0.4, 0.5) is 6.01 Å². The van der Waals surface area contributed by atoms with E-state index in [0.29, 0.717) is 6.01 Å². The Balaban J connectivity index is 2.46. The lowest BCUT2D eigenvalue weighted by Crippen LogP contribution is -2.15. The average molecular weight is 287 g/mol. The molecule has 1 aromatic carbocycles. The number of benzene rings is 1. The van der Waals surface area contributed by atoms with E-state index in [9.17, 15) is 0 Å². The van der Waals surface area contributed by atoms with E-state index in [1.165, 1.54) is 0 Å². The summed E-state index contributed by atoms with van der Waals surface area (Å²) in [5, 5.41) is 0. The van der Waals surface area contributed by atoms with Gasteiger partial charge in [-0.15, -0.1) is 0 Å². The molecule has 0 bridgehead atoms. The van der Waals surface area contributed by atoms with Crippen LogP contribution in [-0.4, -0.2) is 30.3 Å². The number of fused-ring (bicyclic) bond motifs is 1. The Bertz CT molecular complexity index is 648. The number of aromatic nitrogens is 1. The van der Waals surface area contributed by atoms with Crippen LogP contribution in [0.25, 0.3) is 11.1 Å². The fraction of sp³-hybridized carbons (Fsp3) is 0.529. The molecule has 0 aliphatic rings. The molecule has 2 rings (SSSR count). The van der Waals surface area contributed by atoms with E-state index in [1.807, 2.05) is 25.1 Å². The van der Waals surface area contributed by atoms with Crippen molar-refractivity contribution in [2.24, 2.45) is 4.99 Å². The number of aliphatic imine (C=N–C) groups is 1. The first-order valence-electron chi connectivity index (χ1n) is 7.47. The van der Waals surface area contributed by atoms with Crippen LogP contribution < -0.4 is 4.90 Å². The molecular formula is C17H25N3O. The third-order valence-electron chi connectivity index (χ3n) is 3.05. The molecule has 0 radical (unpaired) electrons. The highest BCUT2D eigenvalue weighted by Gasteiger charge is 2.13. The molecule has 114 valence electrons. The Labute approximate surface area is 126 Å². The van der Waals surface area contributed by atoms with E-state index >= 15 is 0 Å². The van der Waals surface area contributed by atoms with Crippen molar-refractivity contribution in [1.29, 1.82) is 0 Å². The molecule has 0 amide bonds. The fourth-order valence-electron chi connectivity index (χ4n) is 2.19. The van der Waals surface area contributed by atoms with E-state index in [-0.39, 0.29) is 5.54 Å². The predicted molar refractivity (Wildman–Crippen MR) is 89.5 cm³/mol. The van der Waals surface area contributed by atoms with Gasteiger partial charge in [-0.1, -0.05) is 19.4 Å². The number of nitrogens with zero attached hydrogens (tertiary/aromatic N) is 3. The minimum Gasteiger partial charge on any atom is -0.423 e. The predicted octanol–water partition coefficient (Wildman–Crippen LogP) is 4.28. The topological polar surface area (TPSA) is 41.6 Å². The van der Waals surface area contributed by atoms with Crippen LogP contribution in [0.5, 0.6) is 0 Å². The summed E-state index contributed by atoms with van der Waals surface area (Å²) in [5.41, 5.74) is 3.88. The van der Waals surface area contributed by atoms with Gasteiger partial charge in [0.15, 0.2) is 5.58 Å². The van der Waals surface area contributed by atoms with Gasteiger partial charge in [-0.2, -0.15) is 4.98 Å². The third kappa shape index (κ3) is 3.84. The van der Waals surface area contributed by atoms with Gasteiger partial charge in [0.2, 0.25) is 0 Å². The monoisotopic (exact) mass is 287 g/mol. The second-order valence-electron chi connectivity index (χ2n) is 6.55. The zero-order chi connectivity index (χ0) is 15.6. The van der Waals surface area contributed by atoms with Crippen molar-refractivity contribution in [2.75, 3.05) is 19.0 Å². The number of hydrogen-bond acceptors (Lipinski definition) is 4. The molecule has 1 aromatic heterocycles. The summed E-state index contributed by atoms with van der Waals surface area (Å²) < 4.78 is 5.79. The smallest absolute Gasteiger partial charge is 0.297 e. The number of hydrogen-bond donors (Lipinski definition) is 0. The van der Waals surface area contributed by atoms with E-state index in [0.717, 1.165) is 35.2 Å². The van der Waals surface area contributed by atoms with Gasteiger partial charge in [0, 0.05) is 19.8 Å². The molecule has 0 spiro atoms. The molecule has 0 saturated heterocycles. The minimum atomic E-state index is -0.0737. The fourth-order valence-corrected chi connectivity index (χ4v) is 2.19. The van der Waals surface area contributed by atoms with Crippen molar-refractivity contribution < 1.29 is 4.42 Å². The molecule has 4 heteroatoms. The van der Waals surface area contributed by atoms with E-state index in [1.54, 1.807) is 0 Å². The molecule has 1 heterocycles. The minimum absolute atomic E-state index is 0.0737. The molecule has 21 heavy (non-hydrogen) atoms. The number of rotatable bonds is 4. The van der Waals surface area contributed by atoms with Crippen molar-refractivity contribution >= 4 is 22.8 Å². The van der Waals surface area contributed by atoms with Gasteiger partial charge in [0.05, 0.1) is 5.54 Å². The summed E-state index contributed by atoms with van der Waals surface area (Å²) in [4.78, 5) is 11.2. The lowest BCUT2D eigenvalue weighted by atomic mass is 10.0. The van der Waals surface area contributed by atoms with Crippen LogP contribution in [0.15, 0.2) is 27.6 Å². The van der Waals surface area contributed by atoms with Crippen molar-refractivity contribution in [1.82, 2.24) is 4.98 Å². The van der Waals surface area contributed by atoms with Crippen LogP contribution in [0, 0.1) is 0 Å². The lowest BCUT2D eigenvalue weighted by Gasteiger charge is -2.16. The Kier molecular flexibility index (Phi) is 4.35. The highest BCUT2D eigenvalue weighted by molar-refractivity contribution is 6.02. The number of anilines is 1. The summed E-state index contributed by atoms with van der Waals surface area (Å²) in [6, 6.07) is 6.78. The molecular weight excluding hydrogens is 262 g/mol. The maximum Gasteiger partial charge on any atom is 0.297 e.